The van der Waals surface area contributed by atoms with E-state index in [9.17, 15) is 17.6 Å². The predicted molar refractivity (Wildman–Crippen MR) is 74.0 cm³/mol. The van der Waals surface area contributed by atoms with E-state index in [1.165, 1.54) is 12.1 Å². The van der Waals surface area contributed by atoms with E-state index >= 15 is 0 Å². The number of carbonyl (C=O) groups is 1. The Hall–Kier alpha value is -1.52. The maximum Gasteiger partial charge on any atom is 0.356 e. The monoisotopic (exact) mass is 380 g/mol. The molecule has 0 saturated heterocycles. The van der Waals surface area contributed by atoms with Crippen molar-refractivity contribution in [1.29, 1.82) is 0 Å². The van der Waals surface area contributed by atoms with E-state index in [4.69, 9.17) is 5.11 Å². The first kappa shape index (κ1) is 14.9. The molecule has 0 fully saturated rings. The van der Waals surface area contributed by atoms with Crippen LogP contribution < -0.4 is 4.72 Å². The average Bonchev–Trinajstić information content (AvgIpc) is 2.83. The van der Waals surface area contributed by atoms with Crippen LogP contribution >= 0.6 is 27.3 Å². The summed E-state index contributed by atoms with van der Waals surface area (Å²) in [7, 11) is -4.09. The van der Waals surface area contributed by atoms with Crippen LogP contribution in [0.3, 0.4) is 0 Å². The molecule has 0 spiro atoms. The molecule has 2 N–H and O–H groups in total. The molecule has 0 aliphatic heterocycles. The Balaban J connectivity index is 2.38. The van der Waals surface area contributed by atoms with Crippen LogP contribution in [0.1, 0.15) is 10.5 Å². The van der Waals surface area contributed by atoms with Crippen molar-refractivity contribution in [1.82, 2.24) is 4.98 Å². The highest BCUT2D eigenvalue weighted by molar-refractivity contribution is 9.10. The minimum absolute atomic E-state index is 0.0838. The van der Waals surface area contributed by atoms with E-state index in [1.807, 2.05) is 0 Å². The third-order valence-corrected chi connectivity index (χ3v) is 5.51. The average molecular weight is 381 g/mol. The number of aromatic nitrogens is 1. The lowest BCUT2D eigenvalue weighted by molar-refractivity contribution is 0.0687. The number of rotatable bonds is 4. The van der Waals surface area contributed by atoms with Crippen molar-refractivity contribution < 1.29 is 22.7 Å². The predicted octanol–water partition coefficient (Wildman–Crippen LogP) is 2.54. The first-order valence-corrected chi connectivity index (χ1v) is 8.11. The lowest BCUT2D eigenvalue weighted by Gasteiger charge is -2.07. The van der Waals surface area contributed by atoms with Gasteiger partial charge in [0.1, 0.15) is 5.82 Å². The Morgan fingerprint density at radius 1 is 1.45 bits per heavy atom. The molecule has 0 radical (unpaired) electrons. The number of hydrogen-bond donors (Lipinski definition) is 2. The fourth-order valence-corrected chi connectivity index (χ4v) is 3.90. The summed E-state index contributed by atoms with van der Waals surface area (Å²) in [6, 6.07) is 3.53. The highest BCUT2D eigenvalue weighted by Gasteiger charge is 2.25. The number of nitrogens with zero attached hydrogens (tertiary/aromatic N) is 1. The van der Waals surface area contributed by atoms with Crippen LogP contribution in [0.25, 0.3) is 0 Å². The maximum absolute atomic E-state index is 13.1. The van der Waals surface area contributed by atoms with Crippen LogP contribution in [0.2, 0.25) is 0 Å². The first-order valence-electron chi connectivity index (χ1n) is 4.96. The smallest absolute Gasteiger partial charge is 0.356 e. The van der Waals surface area contributed by atoms with Crippen molar-refractivity contribution in [3.8, 4) is 0 Å². The van der Waals surface area contributed by atoms with Gasteiger partial charge >= 0.3 is 5.97 Å². The second-order valence-corrected chi connectivity index (χ2v) is 7.11. The summed E-state index contributed by atoms with van der Waals surface area (Å²) in [6.45, 7) is 0. The minimum Gasteiger partial charge on any atom is -0.476 e. The number of carboxylic acid groups (broad SMARTS) is 1. The van der Waals surface area contributed by atoms with Crippen LogP contribution in [0.4, 0.5) is 10.1 Å². The topological polar surface area (TPSA) is 96.4 Å². The van der Waals surface area contributed by atoms with Gasteiger partial charge in [-0.3, -0.25) is 4.72 Å². The molecule has 1 heterocycles. The molecule has 2 rings (SSSR count). The largest absolute Gasteiger partial charge is 0.476 e. The van der Waals surface area contributed by atoms with E-state index in [2.05, 4.69) is 25.6 Å². The second kappa shape index (κ2) is 5.46. The Morgan fingerprint density at radius 3 is 2.75 bits per heavy atom. The van der Waals surface area contributed by atoms with Gasteiger partial charge in [0.05, 0.1) is 15.7 Å². The summed E-state index contributed by atoms with van der Waals surface area (Å²) in [5.74, 6) is -1.98. The lowest BCUT2D eigenvalue weighted by atomic mass is 10.3. The van der Waals surface area contributed by atoms with Gasteiger partial charge in [0.15, 0.2) is 9.90 Å². The van der Waals surface area contributed by atoms with E-state index in [0.29, 0.717) is 11.3 Å². The van der Waals surface area contributed by atoms with E-state index in [-0.39, 0.29) is 10.2 Å². The molecule has 0 aliphatic rings. The number of sulfonamides is 1. The van der Waals surface area contributed by atoms with Crippen molar-refractivity contribution in [2.75, 3.05) is 4.72 Å². The number of benzene rings is 1. The summed E-state index contributed by atoms with van der Waals surface area (Å²) in [5, 5.41) is 8.86. The van der Waals surface area contributed by atoms with E-state index in [1.54, 1.807) is 0 Å². The zero-order valence-corrected chi connectivity index (χ0v) is 12.7. The summed E-state index contributed by atoms with van der Waals surface area (Å²) >= 11 is 3.61. The molecule has 0 bridgehead atoms. The van der Waals surface area contributed by atoms with Gasteiger partial charge in [-0.2, -0.15) is 0 Å². The van der Waals surface area contributed by atoms with Crippen LogP contribution in [0.5, 0.6) is 0 Å². The van der Waals surface area contributed by atoms with Gasteiger partial charge in [0.2, 0.25) is 0 Å². The summed E-state index contributed by atoms with van der Waals surface area (Å²) in [4.78, 5) is 14.4. The van der Waals surface area contributed by atoms with Crippen LogP contribution in [0, 0.1) is 5.82 Å². The van der Waals surface area contributed by atoms with Crippen LogP contribution in [-0.4, -0.2) is 24.5 Å². The Bertz CT molecular complexity index is 775. The van der Waals surface area contributed by atoms with Gasteiger partial charge in [-0.25, -0.2) is 22.6 Å². The number of carboxylic acids is 1. The molecule has 0 unspecified atom stereocenters. The molecule has 106 valence electrons. The van der Waals surface area contributed by atoms with Crippen LogP contribution in [-0.2, 0) is 10.0 Å². The summed E-state index contributed by atoms with van der Waals surface area (Å²) in [5.41, 5.74) is 0.671. The van der Waals surface area contributed by atoms with Gasteiger partial charge in [-0.05, 0) is 34.1 Å². The Kier molecular flexibility index (Phi) is 4.06. The van der Waals surface area contributed by atoms with Gasteiger partial charge in [0.25, 0.3) is 10.0 Å². The lowest BCUT2D eigenvalue weighted by Crippen LogP contribution is -2.15. The van der Waals surface area contributed by atoms with Crippen molar-refractivity contribution in [3.05, 3.63) is 39.7 Å². The highest BCUT2D eigenvalue weighted by atomic mass is 79.9. The molecule has 6 nitrogen and oxygen atoms in total. The van der Waals surface area contributed by atoms with Crippen molar-refractivity contribution in [3.63, 3.8) is 0 Å². The molecule has 0 saturated carbocycles. The molecule has 0 amide bonds. The minimum atomic E-state index is -4.09. The second-order valence-electron chi connectivity index (χ2n) is 3.53. The SMILES string of the molecule is O=C(O)c1ncsc1S(=O)(=O)Nc1ccc(F)c(Br)c1. The number of aromatic carboxylic acids is 1. The zero-order chi connectivity index (χ0) is 14.9. The molecular formula is C10H6BrFN2O4S2. The molecule has 0 atom stereocenters. The summed E-state index contributed by atoms with van der Waals surface area (Å²) in [6.07, 6.45) is 0. The standard InChI is InChI=1S/C10H6BrFN2O4S2/c11-6-3-5(1-2-7(6)12)14-20(17,18)10-8(9(15)16)13-4-19-10/h1-4,14H,(H,15,16). The maximum atomic E-state index is 13.1. The molecule has 20 heavy (non-hydrogen) atoms. The first-order chi connectivity index (χ1) is 9.31. The molecule has 0 aliphatic carbocycles. The zero-order valence-electron chi connectivity index (χ0n) is 9.50. The molecular weight excluding hydrogens is 375 g/mol. The molecule has 2 aromatic rings. The van der Waals surface area contributed by atoms with Gasteiger partial charge in [-0.1, -0.05) is 0 Å². The van der Waals surface area contributed by atoms with Gasteiger partial charge < -0.3 is 5.11 Å². The Morgan fingerprint density at radius 2 is 2.15 bits per heavy atom. The summed E-state index contributed by atoms with van der Waals surface area (Å²) < 4.78 is 39.0. The molecule has 1 aromatic carbocycles. The molecule has 1 aromatic heterocycles. The van der Waals surface area contributed by atoms with Gasteiger partial charge in [0, 0.05) is 0 Å². The van der Waals surface area contributed by atoms with Gasteiger partial charge in [-0.15, -0.1) is 11.3 Å². The Labute approximate surface area is 125 Å². The molecule has 10 heteroatoms. The number of nitrogens with one attached hydrogen (secondary N) is 1. The fourth-order valence-electron chi connectivity index (χ4n) is 1.33. The fraction of sp³-hybridized carbons (Fsp3) is 0. The normalized spacial score (nSPS) is 11.3. The van der Waals surface area contributed by atoms with Crippen molar-refractivity contribution >= 4 is 48.9 Å². The van der Waals surface area contributed by atoms with Crippen molar-refractivity contribution in [2.45, 2.75) is 4.21 Å². The number of anilines is 1. The number of thiazole rings is 1. The van der Waals surface area contributed by atoms with Crippen molar-refractivity contribution in [2.24, 2.45) is 0 Å². The quantitative estimate of drug-likeness (QED) is 0.849. The highest BCUT2D eigenvalue weighted by Crippen LogP contribution is 2.25. The number of halogens is 2. The third kappa shape index (κ3) is 2.97. The third-order valence-electron chi connectivity index (χ3n) is 2.15. The van der Waals surface area contributed by atoms with Crippen LogP contribution in [0.15, 0.2) is 32.4 Å². The van der Waals surface area contributed by atoms with E-state index in [0.717, 1.165) is 11.6 Å². The van der Waals surface area contributed by atoms with E-state index < -0.39 is 31.7 Å². The number of hydrogen-bond acceptors (Lipinski definition) is 5.